The van der Waals surface area contributed by atoms with E-state index >= 15 is 0 Å². The van der Waals surface area contributed by atoms with Crippen molar-refractivity contribution in [3.63, 3.8) is 0 Å². The standard InChI is InChI=1S/C18H20BrN3O5/c1-2-27-18(23)15-11-20-21(13-4-3-8-26-9-7-13)17(15)14-6-5-12(19)10-16(14)22(24)25/h5-6,10-11,13H,2-4,7-9H2,1H3. The number of esters is 1. The van der Waals surface area contributed by atoms with E-state index in [1.165, 1.54) is 12.3 Å². The minimum absolute atomic E-state index is 0.00562. The first-order chi connectivity index (χ1) is 13.0. The van der Waals surface area contributed by atoms with Crippen LogP contribution in [0.1, 0.15) is 42.6 Å². The van der Waals surface area contributed by atoms with Crippen molar-refractivity contribution in [3.8, 4) is 11.3 Å². The maximum atomic E-state index is 12.5. The van der Waals surface area contributed by atoms with Crippen molar-refractivity contribution in [2.45, 2.75) is 32.2 Å². The van der Waals surface area contributed by atoms with Crippen LogP contribution in [-0.4, -0.2) is 40.5 Å². The van der Waals surface area contributed by atoms with Gasteiger partial charge in [0.1, 0.15) is 5.56 Å². The Morgan fingerprint density at radius 3 is 3.00 bits per heavy atom. The van der Waals surface area contributed by atoms with Crippen LogP contribution in [-0.2, 0) is 9.47 Å². The van der Waals surface area contributed by atoms with Gasteiger partial charge in [-0.2, -0.15) is 5.10 Å². The molecule has 0 bridgehead atoms. The van der Waals surface area contributed by atoms with Crippen molar-refractivity contribution >= 4 is 27.6 Å². The van der Waals surface area contributed by atoms with Crippen molar-refractivity contribution in [2.24, 2.45) is 0 Å². The first kappa shape index (κ1) is 19.5. The predicted octanol–water partition coefficient (Wildman–Crippen LogP) is 4.14. The minimum atomic E-state index is -0.541. The second-order valence-electron chi connectivity index (χ2n) is 6.19. The average Bonchev–Trinajstić information content (AvgIpc) is 2.89. The highest BCUT2D eigenvalue weighted by molar-refractivity contribution is 9.10. The van der Waals surface area contributed by atoms with Gasteiger partial charge in [-0.25, -0.2) is 4.79 Å². The van der Waals surface area contributed by atoms with Crippen molar-refractivity contribution < 1.29 is 19.2 Å². The van der Waals surface area contributed by atoms with E-state index < -0.39 is 10.9 Å². The van der Waals surface area contributed by atoms with Gasteiger partial charge in [-0.05, 0) is 38.3 Å². The van der Waals surface area contributed by atoms with Crippen LogP contribution in [0.3, 0.4) is 0 Å². The van der Waals surface area contributed by atoms with E-state index in [-0.39, 0.29) is 23.9 Å². The summed E-state index contributed by atoms with van der Waals surface area (Å²) in [6.07, 6.45) is 3.84. The summed E-state index contributed by atoms with van der Waals surface area (Å²) >= 11 is 3.27. The molecule has 0 radical (unpaired) electrons. The molecule has 1 aromatic carbocycles. The Morgan fingerprint density at radius 2 is 2.26 bits per heavy atom. The van der Waals surface area contributed by atoms with Gasteiger partial charge in [-0.15, -0.1) is 0 Å². The fourth-order valence-electron chi connectivity index (χ4n) is 3.25. The lowest BCUT2D eigenvalue weighted by atomic mass is 10.0. The Balaban J connectivity index is 2.18. The molecule has 2 heterocycles. The van der Waals surface area contributed by atoms with E-state index in [2.05, 4.69) is 21.0 Å². The quantitative estimate of drug-likeness (QED) is 0.396. The first-order valence-corrected chi connectivity index (χ1v) is 9.59. The van der Waals surface area contributed by atoms with E-state index in [0.29, 0.717) is 28.9 Å². The van der Waals surface area contributed by atoms with Gasteiger partial charge in [-0.1, -0.05) is 15.9 Å². The second kappa shape index (κ2) is 8.62. The summed E-state index contributed by atoms with van der Waals surface area (Å²) in [6, 6.07) is 4.77. The number of carbonyl (C=O) groups excluding carboxylic acids is 1. The van der Waals surface area contributed by atoms with Gasteiger partial charge in [0.05, 0.1) is 35.0 Å². The fraction of sp³-hybridized carbons (Fsp3) is 0.444. The second-order valence-corrected chi connectivity index (χ2v) is 7.10. The molecular formula is C18H20BrN3O5. The summed E-state index contributed by atoms with van der Waals surface area (Å²) < 4.78 is 13.0. The molecule has 1 atom stereocenters. The number of nitrogens with zero attached hydrogens (tertiary/aromatic N) is 3. The summed E-state index contributed by atoms with van der Waals surface area (Å²) in [5.74, 6) is -0.541. The van der Waals surface area contributed by atoms with E-state index in [1.807, 2.05) is 0 Å². The topological polar surface area (TPSA) is 96.5 Å². The van der Waals surface area contributed by atoms with Crippen molar-refractivity contribution in [1.29, 1.82) is 0 Å². The lowest BCUT2D eigenvalue weighted by Gasteiger charge is -2.18. The van der Waals surface area contributed by atoms with Crippen LogP contribution in [0.25, 0.3) is 11.3 Å². The number of nitro benzene ring substituents is 1. The third kappa shape index (κ3) is 4.19. The zero-order valence-corrected chi connectivity index (χ0v) is 16.5. The summed E-state index contributed by atoms with van der Waals surface area (Å²) in [6.45, 7) is 3.19. The fourth-order valence-corrected chi connectivity index (χ4v) is 3.60. The molecule has 0 amide bonds. The monoisotopic (exact) mass is 437 g/mol. The Bertz CT molecular complexity index is 844. The summed E-state index contributed by atoms with van der Waals surface area (Å²) in [7, 11) is 0. The van der Waals surface area contributed by atoms with Gasteiger partial charge in [-0.3, -0.25) is 14.8 Å². The number of carbonyl (C=O) groups is 1. The number of benzene rings is 1. The smallest absolute Gasteiger partial charge is 0.341 e. The van der Waals surface area contributed by atoms with Crippen molar-refractivity contribution in [3.05, 3.63) is 44.5 Å². The lowest BCUT2D eigenvalue weighted by molar-refractivity contribution is -0.384. The molecule has 1 saturated heterocycles. The Labute approximate surface area is 164 Å². The largest absolute Gasteiger partial charge is 0.462 e. The van der Waals surface area contributed by atoms with Crippen molar-refractivity contribution in [2.75, 3.05) is 19.8 Å². The summed E-state index contributed by atoms with van der Waals surface area (Å²) in [5.41, 5.74) is 0.891. The van der Waals surface area contributed by atoms with Crippen LogP contribution in [0.4, 0.5) is 5.69 Å². The van der Waals surface area contributed by atoms with Crippen LogP contribution in [0, 0.1) is 10.1 Å². The molecule has 3 rings (SSSR count). The van der Waals surface area contributed by atoms with Gasteiger partial charge in [0.15, 0.2) is 0 Å². The number of hydrogen-bond acceptors (Lipinski definition) is 6. The van der Waals surface area contributed by atoms with Gasteiger partial charge in [0.2, 0.25) is 0 Å². The maximum absolute atomic E-state index is 12.5. The molecule has 0 N–H and O–H groups in total. The SMILES string of the molecule is CCOC(=O)c1cnn(C2CCCOCC2)c1-c1ccc(Br)cc1[N+](=O)[O-]. The van der Waals surface area contributed by atoms with Crippen LogP contribution in [0.15, 0.2) is 28.9 Å². The molecule has 0 aliphatic carbocycles. The van der Waals surface area contributed by atoms with Gasteiger partial charge in [0, 0.05) is 23.8 Å². The predicted molar refractivity (Wildman–Crippen MR) is 102 cm³/mol. The number of rotatable bonds is 5. The van der Waals surface area contributed by atoms with E-state index in [4.69, 9.17) is 9.47 Å². The number of aromatic nitrogens is 2. The van der Waals surface area contributed by atoms with Crippen LogP contribution in [0.2, 0.25) is 0 Å². The molecule has 9 heteroatoms. The van der Waals surface area contributed by atoms with E-state index in [9.17, 15) is 14.9 Å². The molecule has 27 heavy (non-hydrogen) atoms. The Kier molecular flexibility index (Phi) is 6.22. The van der Waals surface area contributed by atoms with Gasteiger partial charge < -0.3 is 9.47 Å². The molecule has 8 nitrogen and oxygen atoms in total. The molecule has 1 aliphatic rings. The molecule has 144 valence electrons. The minimum Gasteiger partial charge on any atom is -0.462 e. The Morgan fingerprint density at radius 1 is 1.44 bits per heavy atom. The van der Waals surface area contributed by atoms with Crippen LogP contribution in [0.5, 0.6) is 0 Å². The number of ether oxygens (including phenoxy) is 2. The highest BCUT2D eigenvalue weighted by Gasteiger charge is 2.29. The lowest BCUT2D eigenvalue weighted by Crippen LogP contribution is -2.14. The van der Waals surface area contributed by atoms with Crippen molar-refractivity contribution in [1.82, 2.24) is 9.78 Å². The van der Waals surface area contributed by atoms with Crippen LogP contribution >= 0.6 is 15.9 Å². The number of halogens is 1. The zero-order valence-electron chi connectivity index (χ0n) is 14.9. The summed E-state index contributed by atoms with van der Waals surface area (Å²) in [5, 5.41) is 16.0. The van der Waals surface area contributed by atoms with Gasteiger partial charge >= 0.3 is 5.97 Å². The zero-order chi connectivity index (χ0) is 19.4. The van der Waals surface area contributed by atoms with E-state index in [1.54, 1.807) is 23.7 Å². The molecule has 1 fully saturated rings. The molecular weight excluding hydrogens is 418 g/mol. The third-order valence-corrected chi connectivity index (χ3v) is 4.96. The Hall–Kier alpha value is -2.26. The van der Waals surface area contributed by atoms with Gasteiger partial charge in [0.25, 0.3) is 5.69 Å². The number of hydrogen-bond donors (Lipinski definition) is 0. The highest BCUT2D eigenvalue weighted by atomic mass is 79.9. The molecule has 2 aromatic rings. The first-order valence-electron chi connectivity index (χ1n) is 8.79. The number of nitro groups is 1. The molecule has 1 aromatic heterocycles. The molecule has 0 saturated carbocycles. The third-order valence-electron chi connectivity index (χ3n) is 4.47. The molecule has 1 aliphatic heterocycles. The summed E-state index contributed by atoms with van der Waals surface area (Å²) in [4.78, 5) is 23.7. The van der Waals surface area contributed by atoms with Crippen LogP contribution < -0.4 is 0 Å². The maximum Gasteiger partial charge on any atom is 0.341 e. The molecule has 0 spiro atoms. The normalized spacial score (nSPS) is 17.3. The average molecular weight is 438 g/mol. The van der Waals surface area contributed by atoms with E-state index in [0.717, 1.165) is 19.3 Å². The highest BCUT2D eigenvalue weighted by Crippen LogP contribution is 2.37. The molecule has 1 unspecified atom stereocenters.